The van der Waals surface area contributed by atoms with Gasteiger partial charge in [-0.25, -0.2) is 0 Å². The van der Waals surface area contributed by atoms with Gasteiger partial charge in [0.25, 0.3) is 5.56 Å². The van der Waals surface area contributed by atoms with E-state index in [1.165, 1.54) is 0 Å². The molecule has 22 heavy (non-hydrogen) atoms. The van der Waals surface area contributed by atoms with E-state index in [-0.39, 0.29) is 11.8 Å². The van der Waals surface area contributed by atoms with Gasteiger partial charge in [-0.1, -0.05) is 30.3 Å². The Bertz CT molecular complexity index is 689. The van der Waals surface area contributed by atoms with Gasteiger partial charge >= 0.3 is 0 Å². The largest absolute Gasteiger partial charge is 0.377 e. The van der Waals surface area contributed by atoms with Crippen LogP contribution in [0.1, 0.15) is 0 Å². The Morgan fingerprint density at radius 3 is 2.50 bits per heavy atom. The van der Waals surface area contributed by atoms with Crippen molar-refractivity contribution in [1.29, 1.82) is 0 Å². The van der Waals surface area contributed by atoms with Gasteiger partial charge < -0.3 is 18.9 Å². The van der Waals surface area contributed by atoms with Crippen molar-refractivity contribution in [1.82, 2.24) is 4.57 Å². The maximum absolute atomic E-state index is 12.3. The highest BCUT2D eigenvalue weighted by molar-refractivity contribution is 5.77. The fraction of sp³-hybridized carbons (Fsp3) is 0.353. The molecule has 0 N–H and O–H groups in total. The summed E-state index contributed by atoms with van der Waals surface area (Å²) in [7, 11) is 3.88. The summed E-state index contributed by atoms with van der Waals surface area (Å²) in [5, 5.41) is 0. The van der Waals surface area contributed by atoms with Crippen LogP contribution in [0.2, 0.25) is 0 Å². The van der Waals surface area contributed by atoms with Gasteiger partial charge in [0.2, 0.25) is 0 Å². The second kappa shape index (κ2) is 6.34. The Kier molecular flexibility index (Phi) is 4.27. The van der Waals surface area contributed by atoms with Crippen molar-refractivity contribution in [2.45, 2.75) is 12.8 Å². The Balaban J connectivity index is 2.03. The van der Waals surface area contributed by atoms with Crippen molar-refractivity contribution in [2.24, 2.45) is 0 Å². The van der Waals surface area contributed by atoms with E-state index in [9.17, 15) is 4.79 Å². The van der Waals surface area contributed by atoms with Gasteiger partial charge in [-0.3, -0.25) is 4.79 Å². The van der Waals surface area contributed by atoms with E-state index in [0.29, 0.717) is 19.8 Å². The molecule has 0 radical (unpaired) electrons. The van der Waals surface area contributed by atoms with E-state index in [1.54, 1.807) is 10.6 Å². The van der Waals surface area contributed by atoms with Crippen LogP contribution in [0.15, 0.2) is 47.4 Å². The first-order valence-electron chi connectivity index (χ1n) is 7.35. The summed E-state index contributed by atoms with van der Waals surface area (Å²) in [5.74, 6) is 0. The molecule has 1 aliphatic heterocycles. The number of ether oxygens (including phenoxy) is 2. The number of anilines is 1. The average Bonchev–Trinajstić information content (AvgIpc) is 3.02. The van der Waals surface area contributed by atoms with E-state index < -0.39 is 0 Å². The van der Waals surface area contributed by atoms with Gasteiger partial charge in [-0.05, 0) is 5.56 Å². The van der Waals surface area contributed by atoms with E-state index in [0.717, 1.165) is 16.8 Å². The molecule has 1 aromatic carbocycles. The SMILES string of the molecule is CN(C)c1cc(=O)n(CC2OCCO2)cc1-c1ccccc1. The van der Waals surface area contributed by atoms with Crippen LogP contribution < -0.4 is 10.5 Å². The second-order valence-electron chi connectivity index (χ2n) is 5.49. The van der Waals surface area contributed by atoms with Gasteiger partial charge in [0.1, 0.15) is 0 Å². The maximum atomic E-state index is 12.3. The Labute approximate surface area is 129 Å². The van der Waals surface area contributed by atoms with Gasteiger partial charge in [0, 0.05) is 31.9 Å². The van der Waals surface area contributed by atoms with Crippen molar-refractivity contribution in [3.8, 4) is 11.1 Å². The van der Waals surface area contributed by atoms with Crippen LogP contribution in [0, 0.1) is 0 Å². The van der Waals surface area contributed by atoms with Crippen molar-refractivity contribution in [2.75, 3.05) is 32.2 Å². The average molecular weight is 300 g/mol. The minimum absolute atomic E-state index is 0.0533. The third kappa shape index (κ3) is 3.05. The zero-order valence-corrected chi connectivity index (χ0v) is 12.9. The number of hydrogen-bond donors (Lipinski definition) is 0. The first-order chi connectivity index (χ1) is 10.6. The topological polar surface area (TPSA) is 43.7 Å². The van der Waals surface area contributed by atoms with Crippen LogP contribution in [0.5, 0.6) is 0 Å². The predicted molar refractivity (Wildman–Crippen MR) is 86.2 cm³/mol. The number of aromatic nitrogens is 1. The zero-order valence-electron chi connectivity index (χ0n) is 12.9. The molecule has 0 amide bonds. The van der Waals surface area contributed by atoms with Gasteiger partial charge in [-0.15, -0.1) is 0 Å². The van der Waals surface area contributed by atoms with Crippen LogP contribution >= 0.6 is 0 Å². The molecule has 2 aromatic rings. The normalized spacial score (nSPS) is 15.2. The van der Waals surface area contributed by atoms with Crippen molar-refractivity contribution < 1.29 is 9.47 Å². The first kappa shape index (κ1) is 14.8. The van der Waals surface area contributed by atoms with Gasteiger partial charge in [0.15, 0.2) is 6.29 Å². The van der Waals surface area contributed by atoms with E-state index >= 15 is 0 Å². The molecule has 3 rings (SSSR count). The zero-order chi connectivity index (χ0) is 15.5. The molecule has 0 spiro atoms. The molecule has 1 fully saturated rings. The fourth-order valence-electron chi connectivity index (χ4n) is 2.59. The van der Waals surface area contributed by atoms with Crippen LogP contribution in [-0.2, 0) is 16.0 Å². The third-order valence-corrected chi connectivity index (χ3v) is 3.71. The molecular weight excluding hydrogens is 280 g/mol. The van der Waals surface area contributed by atoms with Crippen molar-refractivity contribution >= 4 is 5.69 Å². The summed E-state index contributed by atoms with van der Waals surface area (Å²) in [5.41, 5.74) is 2.94. The van der Waals surface area contributed by atoms with Crippen molar-refractivity contribution in [3.05, 3.63) is 52.9 Å². The lowest BCUT2D eigenvalue weighted by molar-refractivity contribution is -0.0530. The molecule has 2 heterocycles. The van der Waals surface area contributed by atoms with Crippen LogP contribution in [-0.4, -0.2) is 38.2 Å². The number of pyridine rings is 1. The van der Waals surface area contributed by atoms with Crippen LogP contribution in [0.25, 0.3) is 11.1 Å². The highest BCUT2D eigenvalue weighted by atomic mass is 16.7. The molecule has 0 unspecified atom stereocenters. The van der Waals surface area contributed by atoms with E-state index in [2.05, 4.69) is 0 Å². The minimum Gasteiger partial charge on any atom is -0.377 e. The molecule has 5 heteroatoms. The summed E-state index contributed by atoms with van der Waals surface area (Å²) in [6.07, 6.45) is 1.55. The summed E-state index contributed by atoms with van der Waals surface area (Å²) in [6, 6.07) is 11.7. The minimum atomic E-state index is -0.341. The molecule has 0 aliphatic carbocycles. The van der Waals surface area contributed by atoms with Crippen LogP contribution in [0.4, 0.5) is 5.69 Å². The molecule has 0 saturated carbocycles. The van der Waals surface area contributed by atoms with Gasteiger partial charge in [0.05, 0.1) is 25.4 Å². The standard InChI is InChI=1S/C17H20N2O3/c1-18(2)15-10-16(20)19(12-17-21-8-9-22-17)11-14(15)13-6-4-3-5-7-13/h3-7,10-11,17H,8-9,12H2,1-2H3. The molecule has 1 saturated heterocycles. The highest BCUT2D eigenvalue weighted by Gasteiger charge is 2.18. The summed E-state index contributed by atoms with van der Waals surface area (Å²) in [4.78, 5) is 14.3. The van der Waals surface area contributed by atoms with Crippen LogP contribution in [0.3, 0.4) is 0 Å². The number of rotatable bonds is 4. The molecule has 0 bridgehead atoms. The molecule has 5 nitrogen and oxygen atoms in total. The maximum Gasteiger partial charge on any atom is 0.252 e. The lowest BCUT2D eigenvalue weighted by Gasteiger charge is -2.20. The Morgan fingerprint density at radius 1 is 1.18 bits per heavy atom. The number of benzene rings is 1. The molecule has 116 valence electrons. The molecular formula is C17H20N2O3. The summed E-state index contributed by atoms with van der Waals surface area (Å²) in [6.45, 7) is 1.58. The Morgan fingerprint density at radius 2 is 1.86 bits per heavy atom. The number of nitrogens with zero attached hydrogens (tertiary/aromatic N) is 2. The predicted octanol–water partition coefficient (Wildman–Crippen LogP) is 1.95. The van der Waals surface area contributed by atoms with E-state index in [4.69, 9.17) is 9.47 Å². The molecule has 1 aromatic heterocycles. The third-order valence-electron chi connectivity index (χ3n) is 3.71. The fourth-order valence-corrected chi connectivity index (χ4v) is 2.59. The van der Waals surface area contributed by atoms with Gasteiger partial charge in [-0.2, -0.15) is 0 Å². The van der Waals surface area contributed by atoms with Crippen molar-refractivity contribution in [3.63, 3.8) is 0 Å². The monoisotopic (exact) mass is 300 g/mol. The molecule has 1 aliphatic rings. The summed E-state index contributed by atoms with van der Waals surface area (Å²) < 4.78 is 12.5. The highest BCUT2D eigenvalue weighted by Crippen LogP contribution is 2.28. The summed E-state index contributed by atoms with van der Waals surface area (Å²) >= 11 is 0. The molecule has 0 atom stereocenters. The lowest BCUT2D eigenvalue weighted by Crippen LogP contribution is -2.28. The number of hydrogen-bond acceptors (Lipinski definition) is 4. The Hall–Kier alpha value is -2.11. The second-order valence-corrected chi connectivity index (χ2v) is 5.49. The smallest absolute Gasteiger partial charge is 0.252 e. The van der Waals surface area contributed by atoms with E-state index in [1.807, 2.05) is 55.5 Å². The lowest BCUT2D eigenvalue weighted by atomic mass is 10.1. The first-order valence-corrected chi connectivity index (χ1v) is 7.35. The quantitative estimate of drug-likeness (QED) is 0.866.